The molecule has 0 unspecified atom stereocenters. The van der Waals surface area contributed by atoms with Gasteiger partial charge in [-0.3, -0.25) is 20.2 Å². The number of carbonyl (C=O) groups is 2. The Hall–Kier alpha value is -2.47. The number of nitrogens with one attached hydrogen (secondary N) is 2. The lowest BCUT2D eigenvalue weighted by Crippen LogP contribution is -2.47. The van der Waals surface area contributed by atoms with Crippen molar-refractivity contribution in [2.75, 3.05) is 0 Å². The van der Waals surface area contributed by atoms with Crippen molar-refractivity contribution in [1.82, 2.24) is 10.6 Å². The van der Waals surface area contributed by atoms with Crippen LogP contribution in [-0.2, 0) is 11.2 Å². The Morgan fingerprint density at radius 2 is 1.88 bits per heavy atom. The monoisotopic (exact) mass is 399 g/mol. The van der Waals surface area contributed by atoms with Gasteiger partial charge in [0.1, 0.15) is 0 Å². The minimum atomic E-state index is -0.312. The van der Waals surface area contributed by atoms with Gasteiger partial charge in [0.2, 0.25) is 11.9 Å². The van der Waals surface area contributed by atoms with E-state index >= 15 is 0 Å². The maximum Gasteiger partial charge on any atom is 0.257 e. The summed E-state index contributed by atoms with van der Waals surface area (Å²) in [5, 5.41) is 5.29. The van der Waals surface area contributed by atoms with Crippen molar-refractivity contribution < 1.29 is 9.59 Å². The molecule has 0 aromatic heterocycles. The third-order valence-corrected chi connectivity index (χ3v) is 4.56. The first-order valence-electron chi connectivity index (χ1n) is 8.08. The standard InChI is InChI=1S/C19H18BrN3O2/c1-2-12-3-5-13(6-4-12)16-11-17(24)22-19(21-16)23-18(25)14-7-9-15(20)10-8-14/h3-10,16H,2,11H2,1H3,(H2,21,22,23,24,25)/t16-/m1/s1. The predicted octanol–water partition coefficient (Wildman–Crippen LogP) is 3.36. The first kappa shape index (κ1) is 17.4. The molecule has 128 valence electrons. The lowest BCUT2D eigenvalue weighted by Gasteiger charge is -2.21. The van der Waals surface area contributed by atoms with E-state index in [4.69, 9.17) is 0 Å². The second-order valence-electron chi connectivity index (χ2n) is 5.80. The summed E-state index contributed by atoms with van der Waals surface area (Å²) < 4.78 is 0.892. The minimum absolute atomic E-state index is 0.161. The maximum atomic E-state index is 12.3. The Balaban J connectivity index is 1.77. The Bertz CT molecular complexity index is 814. The van der Waals surface area contributed by atoms with Gasteiger partial charge in [0, 0.05) is 10.0 Å². The molecule has 2 aromatic rings. The van der Waals surface area contributed by atoms with Crippen LogP contribution in [0.1, 0.15) is 40.9 Å². The number of hydrogen-bond acceptors (Lipinski definition) is 3. The highest BCUT2D eigenvalue weighted by Gasteiger charge is 2.23. The zero-order chi connectivity index (χ0) is 17.8. The van der Waals surface area contributed by atoms with Gasteiger partial charge in [0.05, 0.1) is 12.5 Å². The van der Waals surface area contributed by atoms with Gasteiger partial charge in [-0.2, -0.15) is 0 Å². The molecule has 0 saturated heterocycles. The van der Waals surface area contributed by atoms with Gasteiger partial charge >= 0.3 is 0 Å². The van der Waals surface area contributed by atoms with Crippen LogP contribution in [0.2, 0.25) is 0 Å². The molecule has 3 rings (SSSR count). The molecule has 6 heteroatoms. The van der Waals surface area contributed by atoms with Crippen LogP contribution in [0.5, 0.6) is 0 Å². The number of rotatable bonds is 3. The van der Waals surface area contributed by atoms with Crippen molar-refractivity contribution in [1.29, 1.82) is 0 Å². The highest BCUT2D eigenvalue weighted by molar-refractivity contribution is 9.10. The fourth-order valence-corrected chi connectivity index (χ4v) is 2.87. The first-order chi connectivity index (χ1) is 12.0. The third-order valence-electron chi connectivity index (χ3n) is 4.03. The fourth-order valence-electron chi connectivity index (χ4n) is 2.60. The quantitative estimate of drug-likeness (QED) is 0.830. The number of carbonyl (C=O) groups excluding carboxylic acids is 2. The van der Waals surface area contributed by atoms with Crippen molar-refractivity contribution in [3.63, 3.8) is 0 Å². The summed E-state index contributed by atoms with van der Waals surface area (Å²) in [5.74, 6) is -0.284. The second kappa shape index (κ2) is 7.61. The summed E-state index contributed by atoms with van der Waals surface area (Å²) in [6, 6.07) is 14.7. The van der Waals surface area contributed by atoms with E-state index in [1.54, 1.807) is 24.3 Å². The number of guanidine groups is 1. The van der Waals surface area contributed by atoms with Gasteiger partial charge in [-0.05, 0) is 41.8 Å². The minimum Gasteiger partial charge on any atom is -0.296 e. The number of aliphatic imine (C=N–C) groups is 1. The molecule has 0 radical (unpaired) electrons. The van der Waals surface area contributed by atoms with Gasteiger partial charge in [0.25, 0.3) is 5.91 Å². The van der Waals surface area contributed by atoms with Gasteiger partial charge in [-0.1, -0.05) is 47.1 Å². The van der Waals surface area contributed by atoms with E-state index in [1.807, 2.05) is 24.3 Å². The van der Waals surface area contributed by atoms with E-state index < -0.39 is 0 Å². The number of benzene rings is 2. The molecule has 2 aromatic carbocycles. The average Bonchev–Trinajstić information content (AvgIpc) is 2.62. The molecule has 1 aliphatic heterocycles. The molecule has 0 saturated carbocycles. The molecule has 2 amide bonds. The molecule has 0 spiro atoms. The molecule has 0 fully saturated rings. The SMILES string of the molecule is CCc1ccc([C@H]2CC(=O)NC(NC(=O)c3ccc(Br)cc3)=N2)cc1. The average molecular weight is 400 g/mol. The topological polar surface area (TPSA) is 70.6 Å². The smallest absolute Gasteiger partial charge is 0.257 e. The highest BCUT2D eigenvalue weighted by atomic mass is 79.9. The van der Waals surface area contributed by atoms with Gasteiger partial charge in [-0.15, -0.1) is 0 Å². The normalized spacial score (nSPS) is 16.8. The van der Waals surface area contributed by atoms with E-state index in [2.05, 4.69) is 38.5 Å². The summed E-state index contributed by atoms with van der Waals surface area (Å²) in [6.07, 6.45) is 1.23. The van der Waals surface area contributed by atoms with Crippen molar-refractivity contribution in [2.45, 2.75) is 25.8 Å². The molecule has 5 nitrogen and oxygen atoms in total. The Morgan fingerprint density at radius 1 is 1.20 bits per heavy atom. The lowest BCUT2D eigenvalue weighted by atomic mass is 10.0. The predicted molar refractivity (Wildman–Crippen MR) is 100 cm³/mol. The van der Waals surface area contributed by atoms with Crippen LogP contribution in [0.25, 0.3) is 0 Å². The van der Waals surface area contributed by atoms with E-state index in [0.29, 0.717) is 5.56 Å². The fraction of sp³-hybridized carbons (Fsp3) is 0.211. The maximum absolute atomic E-state index is 12.3. The number of hydrogen-bond donors (Lipinski definition) is 2. The zero-order valence-corrected chi connectivity index (χ0v) is 15.3. The van der Waals surface area contributed by atoms with Crippen LogP contribution < -0.4 is 10.6 Å². The van der Waals surface area contributed by atoms with Crippen LogP contribution in [-0.4, -0.2) is 17.8 Å². The summed E-state index contributed by atoms with van der Waals surface area (Å²) in [6.45, 7) is 2.09. The van der Waals surface area contributed by atoms with E-state index in [-0.39, 0.29) is 30.2 Å². The van der Waals surface area contributed by atoms with Gasteiger partial charge in [0.15, 0.2) is 0 Å². The van der Waals surface area contributed by atoms with E-state index in [0.717, 1.165) is 16.5 Å². The highest BCUT2D eigenvalue weighted by Crippen LogP contribution is 2.24. The molecular formula is C19H18BrN3O2. The number of aryl methyl sites for hydroxylation is 1. The summed E-state index contributed by atoms with van der Waals surface area (Å²) in [5.41, 5.74) is 2.69. The van der Waals surface area contributed by atoms with Crippen molar-refractivity contribution >= 4 is 33.7 Å². The molecular weight excluding hydrogens is 382 g/mol. The lowest BCUT2D eigenvalue weighted by molar-refractivity contribution is -0.120. The van der Waals surface area contributed by atoms with E-state index in [9.17, 15) is 9.59 Å². The zero-order valence-electron chi connectivity index (χ0n) is 13.8. The van der Waals surface area contributed by atoms with Crippen LogP contribution in [0.4, 0.5) is 0 Å². The molecule has 1 atom stereocenters. The van der Waals surface area contributed by atoms with Crippen LogP contribution in [0.15, 0.2) is 58.0 Å². The second-order valence-corrected chi connectivity index (χ2v) is 6.72. The van der Waals surface area contributed by atoms with Crippen LogP contribution in [0, 0.1) is 0 Å². The van der Waals surface area contributed by atoms with Crippen LogP contribution in [0.3, 0.4) is 0 Å². The number of nitrogens with zero attached hydrogens (tertiary/aromatic N) is 1. The molecule has 25 heavy (non-hydrogen) atoms. The largest absolute Gasteiger partial charge is 0.296 e. The Kier molecular flexibility index (Phi) is 5.28. The molecule has 0 bridgehead atoms. The molecule has 0 aliphatic carbocycles. The van der Waals surface area contributed by atoms with Gasteiger partial charge in [-0.25, -0.2) is 4.99 Å². The van der Waals surface area contributed by atoms with Crippen LogP contribution >= 0.6 is 15.9 Å². The molecule has 2 N–H and O–H groups in total. The Labute approximate surface area is 154 Å². The Morgan fingerprint density at radius 3 is 2.52 bits per heavy atom. The first-order valence-corrected chi connectivity index (χ1v) is 8.88. The van der Waals surface area contributed by atoms with Crippen molar-refractivity contribution in [2.24, 2.45) is 4.99 Å². The van der Waals surface area contributed by atoms with E-state index in [1.165, 1.54) is 5.56 Å². The molecule has 1 aliphatic rings. The van der Waals surface area contributed by atoms with Crippen molar-refractivity contribution in [3.05, 3.63) is 69.7 Å². The van der Waals surface area contributed by atoms with Gasteiger partial charge < -0.3 is 0 Å². The van der Waals surface area contributed by atoms with Crippen molar-refractivity contribution in [3.8, 4) is 0 Å². The third kappa shape index (κ3) is 4.33. The summed E-state index contributed by atoms with van der Waals surface area (Å²) >= 11 is 3.33. The number of halogens is 1. The molecule has 1 heterocycles. The number of amides is 2. The summed E-state index contributed by atoms with van der Waals surface area (Å²) in [4.78, 5) is 28.8. The summed E-state index contributed by atoms with van der Waals surface area (Å²) in [7, 11) is 0.